The molecule has 4 nitrogen and oxygen atoms in total. The van der Waals surface area contributed by atoms with Gasteiger partial charge >= 0.3 is 5.97 Å². The van der Waals surface area contributed by atoms with E-state index in [1.807, 2.05) is 13.8 Å². The second kappa shape index (κ2) is 5.96. The summed E-state index contributed by atoms with van der Waals surface area (Å²) in [6, 6.07) is 3.15. The molecule has 14 heavy (non-hydrogen) atoms. The van der Waals surface area contributed by atoms with E-state index in [0.717, 1.165) is 0 Å². The molecule has 0 saturated heterocycles. The normalized spacial score (nSPS) is 8.57. The van der Waals surface area contributed by atoms with Crippen molar-refractivity contribution in [1.82, 2.24) is 4.57 Å². The Bertz CT molecular complexity index is 315. The summed E-state index contributed by atoms with van der Waals surface area (Å²) in [6.07, 6.45) is 1.52. The lowest BCUT2D eigenvalue weighted by Gasteiger charge is -2.01. The van der Waals surface area contributed by atoms with Gasteiger partial charge in [-0.15, -0.1) is 0 Å². The van der Waals surface area contributed by atoms with Crippen molar-refractivity contribution in [3.8, 4) is 0 Å². The van der Waals surface area contributed by atoms with E-state index in [2.05, 4.69) is 4.74 Å². The molecule has 0 N–H and O–H groups in total. The lowest BCUT2D eigenvalue weighted by Crippen LogP contribution is -2.14. The molecule has 0 unspecified atom stereocenters. The summed E-state index contributed by atoms with van der Waals surface area (Å²) in [5.74, 6) is -0.712. The summed E-state index contributed by atoms with van der Waals surface area (Å²) in [7, 11) is 1.28. The Morgan fingerprint density at radius 3 is 2.36 bits per heavy atom. The molecule has 0 bridgehead atoms. The fourth-order valence-corrected chi connectivity index (χ4v) is 0.926. The monoisotopic (exact) mass is 197 g/mol. The predicted octanol–water partition coefficient (Wildman–Crippen LogP) is 1.96. The minimum atomic E-state index is -0.504. The van der Waals surface area contributed by atoms with Crippen LogP contribution >= 0.6 is 0 Å². The van der Waals surface area contributed by atoms with Crippen molar-refractivity contribution in [2.24, 2.45) is 0 Å². The van der Waals surface area contributed by atoms with E-state index in [1.165, 1.54) is 30.9 Å². The number of aromatic nitrogens is 1. The van der Waals surface area contributed by atoms with Gasteiger partial charge in [0.2, 0.25) is 5.91 Å². The molecule has 1 aromatic heterocycles. The third kappa shape index (κ3) is 2.73. The van der Waals surface area contributed by atoms with Crippen molar-refractivity contribution in [2.75, 3.05) is 7.11 Å². The molecule has 0 amide bonds. The lowest BCUT2D eigenvalue weighted by molar-refractivity contribution is 0.0582. The van der Waals surface area contributed by atoms with Crippen LogP contribution in [0.2, 0.25) is 0 Å². The number of methoxy groups -OCH3 is 1. The Morgan fingerprint density at radius 2 is 1.93 bits per heavy atom. The van der Waals surface area contributed by atoms with Crippen LogP contribution in [0.4, 0.5) is 0 Å². The predicted molar refractivity (Wildman–Crippen MR) is 53.4 cm³/mol. The highest BCUT2D eigenvalue weighted by molar-refractivity contribution is 5.92. The SMILES string of the molecule is CC.COC(=O)c1cccn1C(C)=O. The molecule has 0 aliphatic heterocycles. The summed E-state index contributed by atoms with van der Waals surface area (Å²) in [6.45, 7) is 5.38. The first kappa shape index (κ1) is 12.4. The molecule has 0 spiro atoms. The summed E-state index contributed by atoms with van der Waals surface area (Å²) in [5.41, 5.74) is 0.255. The van der Waals surface area contributed by atoms with Crippen molar-refractivity contribution < 1.29 is 14.3 Å². The van der Waals surface area contributed by atoms with Crippen LogP contribution in [0.15, 0.2) is 18.3 Å². The van der Waals surface area contributed by atoms with Crippen molar-refractivity contribution in [3.05, 3.63) is 24.0 Å². The van der Waals surface area contributed by atoms with E-state index in [-0.39, 0.29) is 11.6 Å². The van der Waals surface area contributed by atoms with Gasteiger partial charge in [0.25, 0.3) is 0 Å². The first-order valence-electron chi connectivity index (χ1n) is 4.43. The Labute approximate surface area is 83.5 Å². The lowest BCUT2D eigenvalue weighted by atomic mass is 10.4. The average Bonchev–Trinajstić information content (AvgIpc) is 2.68. The Kier molecular flexibility index (Phi) is 5.29. The zero-order valence-electron chi connectivity index (χ0n) is 8.90. The van der Waals surface area contributed by atoms with Crippen LogP contribution in [0, 0.1) is 0 Å². The number of rotatable bonds is 1. The molecule has 0 aromatic carbocycles. The topological polar surface area (TPSA) is 48.3 Å². The highest BCUT2D eigenvalue weighted by Gasteiger charge is 2.12. The molecule has 1 rings (SSSR count). The molecule has 0 saturated carbocycles. The van der Waals surface area contributed by atoms with Gasteiger partial charge in [-0.05, 0) is 12.1 Å². The van der Waals surface area contributed by atoms with Crippen LogP contribution in [0.5, 0.6) is 0 Å². The maximum absolute atomic E-state index is 11.0. The number of ether oxygens (including phenoxy) is 1. The summed E-state index contributed by atoms with van der Waals surface area (Å²) >= 11 is 0. The fourth-order valence-electron chi connectivity index (χ4n) is 0.926. The van der Waals surface area contributed by atoms with E-state index >= 15 is 0 Å². The quantitative estimate of drug-likeness (QED) is 0.646. The van der Waals surface area contributed by atoms with Gasteiger partial charge in [0, 0.05) is 13.1 Å². The van der Waals surface area contributed by atoms with E-state index < -0.39 is 5.97 Å². The molecule has 4 heteroatoms. The minimum absolute atomic E-state index is 0.208. The van der Waals surface area contributed by atoms with Gasteiger partial charge < -0.3 is 4.74 Å². The molecule has 0 atom stereocenters. The van der Waals surface area contributed by atoms with Crippen molar-refractivity contribution in [3.63, 3.8) is 0 Å². The number of esters is 1. The van der Waals surface area contributed by atoms with Crippen LogP contribution in [0.25, 0.3) is 0 Å². The van der Waals surface area contributed by atoms with E-state index in [4.69, 9.17) is 0 Å². The molecular formula is C10H15NO3. The van der Waals surface area contributed by atoms with Gasteiger partial charge in [-0.25, -0.2) is 4.79 Å². The van der Waals surface area contributed by atoms with Crippen LogP contribution in [0.3, 0.4) is 0 Å². The van der Waals surface area contributed by atoms with Crippen molar-refractivity contribution >= 4 is 11.9 Å². The van der Waals surface area contributed by atoms with E-state index in [0.29, 0.717) is 0 Å². The van der Waals surface area contributed by atoms with E-state index in [9.17, 15) is 9.59 Å². The second-order valence-corrected chi connectivity index (χ2v) is 2.27. The molecule has 0 radical (unpaired) electrons. The van der Waals surface area contributed by atoms with Crippen LogP contribution in [0.1, 0.15) is 36.1 Å². The molecule has 0 fully saturated rings. The molecular weight excluding hydrogens is 182 g/mol. The van der Waals surface area contributed by atoms with Crippen LogP contribution < -0.4 is 0 Å². The number of hydrogen-bond acceptors (Lipinski definition) is 3. The zero-order valence-corrected chi connectivity index (χ0v) is 8.90. The van der Waals surface area contributed by atoms with Gasteiger partial charge in [-0.3, -0.25) is 9.36 Å². The van der Waals surface area contributed by atoms with Gasteiger partial charge in [0.15, 0.2) is 0 Å². The van der Waals surface area contributed by atoms with Crippen LogP contribution in [-0.2, 0) is 4.74 Å². The molecule has 78 valence electrons. The summed E-state index contributed by atoms with van der Waals surface area (Å²) < 4.78 is 5.72. The summed E-state index contributed by atoms with van der Waals surface area (Å²) in [5, 5.41) is 0. The Hall–Kier alpha value is -1.58. The van der Waals surface area contributed by atoms with Crippen molar-refractivity contribution in [2.45, 2.75) is 20.8 Å². The molecule has 1 heterocycles. The highest BCUT2D eigenvalue weighted by atomic mass is 16.5. The number of nitrogens with zero attached hydrogens (tertiary/aromatic N) is 1. The van der Waals surface area contributed by atoms with Gasteiger partial charge in [0.05, 0.1) is 7.11 Å². The first-order chi connectivity index (χ1) is 6.66. The number of carbonyl (C=O) groups is 2. The maximum atomic E-state index is 11.0. The second-order valence-electron chi connectivity index (χ2n) is 2.27. The Balaban J connectivity index is 0.000000791. The standard InChI is InChI=1S/C8H9NO3.C2H6/c1-6(10)9-5-3-4-7(9)8(11)12-2;1-2/h3-5H,1-2H3;1-2H3. The molecule has 1 aromatic rings. The van der Waals surface area contributed by atoms with E-state index in [1.54, 1.807) is 6.07 Å². The minimum Gasteiger partial charge on any atom is -0.464 e. The summed E-state index contributed by atoms with van der Waals surface area (Å²) in [4.78, 5) is 21.9. The average molecular weight is 197 g/mol. The first-order valence-corrected chi connectivity index (χ1v) is 4.43. The van der Waals surface area contributed by atoms with Crippen molar-refractivity contribution in [1.29, 1.82) is 0 Å². The number of carbonyl (C=O) groups excluding carboxylic acids is 2. The maximum Gasteiger partial charge on any atom is 0.355 e. The fraction of sp³-hybridized carbons (Fsp3) is 0.400. The zero-order chi connectivity index (χ0) is 11.1. The Morgan fingerprint density at radius 1 is 1.36 bits per heavy atom. The highest BCUT2D eigenvalue weighted by Crippen LogP contribution is 2.03. The van der Waals surface area contributed by atoms with Gasteiger partial charge in [-0.1, -0.05) is 13.8 Å². The number of hydrogen-bond donors (Lipinski definition) is 0. The molecule has 0 aliphatic carbocycles. The van der Waals surface area contributed by atoms with Crippen LogP contribution in [-0.4, -0.2) is 23.6 Å². The van der Waals surface area contributed by atoms with Gasteiger partial charge in [-0.2, -0.15) is 0 Å². The smallest absolute Gasteiger partial charge is 0.355 e. The third-order valence-corrected chi connectivity index (χ3v) is 1.48. The third-order valence-electron chi connectivity index (χ3n) is 1.48. The largest absolute Gasteiger partial charge is 0.464 e. The molecule has 0 aliphatic rings. The van der Waals surface area contributed by atoms with Gasteiger partial charge in [0.1, 0.15) is 5.69 Å².